The Morgan fingerprint density at radius 2 is 1.57 bits per heavy atom. The standard InChI is InChI=1S/C31H39N3O5S/c1-6-24(3)32-31(36)28(20-25-15-8-7-9-16-25)33(21-26-17-11-10-14-23(26)2)30(35)22-34(40(5,37)38)27-18-12-13-19-29(27)39-4/h7-19,24,28H,6,20-22H2,1-5H3,(H,32,36)/t24-,28-/m0/s1. The summed E-state index contributed by atoms with van der Waals surface area (Å²) in [5.74, 6) is -0.468. The number of carbonyl (C=O) groups excluding carboxylic acids is 2. The Hall–Kier alpha value is -3.85. The largest absolute Gasteiger partial charge is 0.495 e. The fraction of sp³-hybridized carbons (Fsp3) is 0.355. The van der Waals surface area contributed by atoms with Crippen molar-refractivity contribution in [1.82, 2.24) is 10.2 Å². The molecule has 0 aliphatic rings. The molecule has 0 heterocycles. The lowest BCUT2D eigenvalue weighted by Crippen LogP contribution is -2.54. The number of methoxy groups -OCH3 is 1. The van der Waals surface area contributed by atoms with Gasteiger partial charge in [-0.2, -0.15) is 0 Å². The summed E-state index contributed by atoms with van der Waals surface area (Å²) in [6.07, 6.45) is 2.05. The van der Waals surface area contributed by atoms with Gasteiger partial charge in [0.2, 0.25) is 21.8 Å². The van der Waals surface area contributed by atoms with E-state index in [-0.39, 0.29) is 30.6 Å². The van der Waals surface area contributed by atoms with Crippen LogP contribution in [0.25, 0.3) is 0 Å². The van der Waals surface area contributed by atoms with Crippen LogP contribution in [0.3, 0.4) is 0 Å². The van der Waals surface area contributed by atoms with E-state index in [0.717, 1.165) is 33.7 Å². The number of benzene rings is 3. The van der Waals surface area contributed by atoms with E-state index in [0.29, 0.717) is 5.75 Å². The van der Waals surface area contributed by atoms with Crippen molar-refractivity contribution in [1.29, 1.82) is 0 Å². The first-order chi connectivity index (χ1) is 19.0. The van der Waals surface area contributed by atoms with Crippen LogP contribution >= 0.6 is 0 Å². The monoisotopic (exact) mass is 565 g/mol. The van der Waals surface area contributed by atoms with Gasteiger partial charge in [0.25, 0.3) is 0 Å². The third-order valence-corrected chi connectivity index (χ3v) is 8.03. The summed E-state index contributed by atoms with van der Waals surface area (Å²) in [6, 6.07) is 22.8. The summed E-state index contributed by atoms with van der Waals surface area (Å²) in [6.45, 7) is 5.48. The van der Waals surface area contributed by atoms with Gasteiger partial charge < -0.3 is 15.0 Å². The third kappa shape index (κ3) is 8.08. The summed E-state index contributed by atoms with van der Waals surface area (Å²) in [5.41, 5.74) is 2.97. The Morgan fingerprint density at radius 3 is 2.20 bits per heavy atom. The molecule has 40 heavy (non-hydrogen) atoms. The molecule has 0 saturated heterocycles. The van der Waals surface area contributed by atoms with Crippen LogP contribution in [0.2, 0.25) is 0 Å². The quantitative estimate of drug-likeness (QED) is 0.333. The molecule has 0 bridgehead atoms. The van der Waals surface area contributed by atoms with Crippen molar-refractivity contribution in [2.24, 2.45) is 0 Å². The second-order valence-electron chi connectivity index (χ2n) is 9.91. The molecule has 3 aromatic carbocycles. The maximum absolute atomic E-state index is 14.2. The highest BCUT2D eigenvalue weighted by Crippen LogP contribution is 2.30. The molecular weight excluding hydrogens is 526 g/mol. The van der Waals surface area contributed by atoms with Gasteiger partial charge in [0, 0.05) is 19.0 Å². The zero-order valence-corrected chi connectivity index (χ0v) is 24.6. The molecule has 9 heteroatoms. The first kappa shape index (κ1) is 30.7. The van der Waals surface area contributed by atoms with E-state index in [4.69, 9.17) is 4.74 Å². The number of sulfonamides is 1. The number of amides is 2. The molecule has 0 aliphatic heterocycles. The summed E-state index contributed by atoms with van der Waals surface area (Å²) < 4.78 is 32.4. The second-order valence-corrected chi connectivity index (χ2v) is 11.8. The molecule has 0 radical (unpaired) electrons. The number of nitrogens with zero attached hydrogens (tertiary/aromatic N) is 2. The van der Waals surface area contributed by atoms with E-state index >= 15 is 0 Å². The molecule has 0 spiro atoms. The first-order valence-corrected chi connectivity index (χ1v) is 15.2. The van der Waals surface area contributed by atoms with Crippen LogP contribution in [0, 0.1) is 6.92 Å². The number of nitrogens with one attached hydrogen (secondary N) is 1. The van der Waals surface area contributed by atoms with Gasteiger partial charge in [-0.3, -0.25) is 13.9 Å². The molecule has 0 saturated carbocycles. The van der Waals surface area contributed by atoms with Gasteiger partial charge in [-0.15, -0.1) is 0 Å². The van der Waals surface area contributed by atoms with E-state index in [1.54, 1.807) is 24.3 Å². The molecule has 2 amide bonds. The molecule has 214 valence electrons. The highest BCUT2D eigenvalue weighted by molar-refractivity contribution is 7.92. The van der Waals surface area contributed by atoms with Gasteiger partial charge in [0.1, 0.15) is 18.3 Å². The molecular formula is C31H39N3O5S. The lowest BCUT2D eigenvalue weighted by molar-refractivity contribution is -0.140. The maximum atomic E-state index is 14.2. The van der Waals surface area contributed by atoms with Gasteiger partial charge in [-0.05, 0) is 49.1 Å². The van der Waals surface area contributed by atoms with Crippen LogP contribution in [0.15, 0.2) is 78.9 Å². The average Bonchev–Trinajstić information content (AvgIpc) is 2.94. The van der Waals surface area contributed by atoms with Crippen molar-refractivity contribution in [2.75, 3.05) is 24.2 Å². The van der Waals surface area contributed by atoms with E-state index in [1.807, 2.05) is 75.4 Å². The fourth-order valence-electron chi connectivity index (χ4n) is 4.40. The number of carbonyl (C=O) groups is 2. The zero-order valence-electron chi connectivity index (χ0n) is 23.8. The smallest absolute Gasteiger partial charge is 0.244 e. The molecule has 8 nitrogen and oxygen atoms in total. The molecule has 3 rings (SSSR count). The van der Waals surface area contributed by atoms with E-state index in [2.05, 4.69) is 5.32 Å². The number of hydrogen-bond donors (Lipinski definition) is 1. The average molecular weight is 566 g/mol. The lowest BCUT2D eigenvalue weighted by Gasteiger charge is -2.34. The van der Waals surface area contributed by atoms with Crippen molar-refractivity contribution in [3.8, 4) is 5.75 Å². The fourth-order valence-corrected chi connectivity index (χ4v) is 5.25. The number of aryl methyl sites for hydroxylation is 1. The van der Waals surface area contributed by atoms with Crippen LogP contribution in [0.4, 0.5) is 5.69 Å². The molecule has 0 aromatic heterocycles. The molecule has 3 aromatic rings. The SMILES string of the molecule is CC[C@H](C)NC(=O)[C@H](Cc1ccccc1)N(Cc1ccccc1C)C(=O)CN(c1ccccc1OC)S(C)(=O)=O. The molecule has 0 fully saturated rings. The Bertz CT molecular complexity index is 1390. The Kier molecular flexibility index (Phi) is 10.7. The normalized spacial score (nSPS) is 12.7. The van der Waals surface area contributed by atoms with Crippen molar-refractivity contribution < 1.29 is 22.7 Å². The van der Waals surface area contributed by atoms with Crippen LogP contribution in [0.1, 0.15) is 37.0 Å². The van der Waals surface area contributed by atoms with Crippen LogP contribution in [-0.4, -0.2) is 57.1 Å². The van der Waals surface area contributed by atoms with Gasteiger partial charge >= 0.3 is 0 Å². The zero-order chi connectivity index (χ0) is 29.3. The second kappa shape index (κ2) is 14.0. The van der Waals surface area contributed by atoms with Gasteiger partial charge in [-0.1, -0.05) is 73.7 Å². The number of hydrogen-bond acceptors (Lipinski definition) is 5. The lowest BCUT2D eigenvalue weighted by atomic mass is 10.0. The van der Waals surface area contributed by atoms with Crippen molar-refractivity contribution in [2.45, 2.75) is 52.2 Å². The maximum Gasteiger partial charge on any atom is 0.244 e. The summed E-state index contributed by atoms with van der Waals surface area (Å²) in [5, 5.41) is 3.03. The minimum atomic E-state index is -3.88. The first-order valence-electron chi connectivity index (χ1n) is 13.3. The minimum absolute atomic E-state index is 0.0951. The Morgan fingerprint density at radius 1 is 0.950 bits per heavy atom. The van der Waals surface area contributed by atoms with Crippen LogP contribution in [0.5, 0.6) is 5.75 Å². The predicted molar refractivity (Wildman–Crippen MR) is 159 cm³/mol. The Labute approximate surface area is 238 Å². The molecule has 0 aliphatic carbocycles. The van der Waals surface area contributed by atoms with Gasteiger partial charge in [-0.25, -0.2) is 8.42 Å². The van der Waals surface area contributed by atoms with Crippen LogP contribution < -0.4 is 14.4 Å². The van der Waals surface area contributed by atoms with Gasteiger partial charge in [0.05, 0.1) is 19.1 Å². The highest BCUT2D eigenvalue weighted by atomic mass is 32.2. The summed E-state index contributed by atoms with van der Waals surface area (Å²) >= 11 is 0. The van der Waals surface area contributed by atoms with Crippen molar-refractivity contribution in [3.63, 3.8) is 0 Å². The van der Waals surface area contributed by atoms with E-state index in [1.165, 1.54) is 12.0 Å². The molecule has 2 atom stereocenters. The third-order valence-electron chi connectivity index (χ3n) is 6.91. The topological polar surface area (TPSA) is 96.0 Å². The van der Waals surface area contributed by atoms with Gasteiger partial charge in [0.15, 0.2) is 0 Å². The predicted octanol–water partition coefficient (Wildman–Crippen LogP) is 4.32. The summed E-state index contributed by atoms with van der Waals surface area (Å²) in [4.78, 5) is 29.4. The Balaban J connectivity index is 2.09. The number of anilines is 1. The minimum Gasteiger partial charge on any atom is -0.495 e. The number of para-hydroxylation sites is 2. The van der Waals surface area contributed by atoms with E-state index < -0.39 is 28.5 Å². The highest BCUT2D eigenvalue weighted by Gasteiger charge is 2.34. The summed E-state index contributed by atoms with van der Waals surface area (Å²) in [7, 11) is -2.44. The van der Waals surface area contributed by atoms with Crippen molar-refractivity contribution in [3.05, 3.63) is 95.6 Å². The molecule has 0 unspecified atom stereocenters. The molecule has 1 N–H and O–H groups in total. The van der Waals surface area contributed by atoms with Crippen molar-refractivity contribution >= 4 is 27.5 Å². The number of ether oxygens (including phenoxy) is 1. The number of rotatable bonds is 13. The van der Waals surface area contributed by atoms with E-state index in [9.17, 15) is 18.0 Å². The van der Waals surface area contributed by atoms with Crippen LogP contribution in [-0.2, 0) is 32.6 Å².